The van der Waals surface area contributed by atoms with Crippen LogP contribution >= 0.6 is 0 Å². The molecule has 1 aromatic rings. The van der Waals surface area contributed by atoms with E-state index in [-0.39, 0.29) is 24.1 Å². The predicted octanol–water partition coefficient (Wildman–Crippen LogP) is 1.07. The molecule has 1 amide bonds. The van der Waals surface area contributed by atoms with Crippen LogP contribution in [0.2, 0.25) is 0 Å². The molecule has 3 N–H and O–H groups in total. The molecule has 2 fully saturated rings. The van der Waals surface area contributed by atoms with Crippen LogP contribution in [0, 0.1) is 0 Å². The number of nitrogens with zero attached hydrogens (tertiary/aromatic N) is 1. The van der Waals surface area contributed by atoms with Crippen molar-refractivity contribution in [2.75, 3.05) is 0 Å². The van der Waals surface area contributed by atoms with Crippen LogP contribution in [0.5, 0.6) is 0 Å². The van der Waals surface area contributed by atoms with E-state index < -0.39 is 6.04 Å². The molecule has 2 heterocycles. The number of nitrogens with two attached hydrogens (primary N) is 1. The van der Waals surface area contributed by atoms with E-state index in [1.54, 1.807) is 0 Å². The van der Waals surface area contributed by atoms with Gasteiger partial charge < -0.3 is 15.7 Å². The van der Waals surface area contributed by atoms with Crippen molar-refractivity contribution in [2.45, 2.75) is 56.3 Å². The van der Waals surface area contributed by atoms with Gasteiger partial charge in [0.05, 0.1) is 12.1 Å². The molecule has 0 radical (unpaired) electrons. The van der Waals surface area contributed by atoms with Crippen molar-refractivity contribution >= 4 is 5.91 Å². The molecule has 3 atom stereocenters. The number of carbonyl (C=O) groups is 1. The van der Waals surface area contributed by atoms with Crippen molar-refractivity contribution in [1.82, 2.24) is 4.90 Å². The van der Waals surface area contributed by atoms with Crippen molar-refractivity contribution < 1.29 is 9.90 Å². The Balaban J connectivity index is 1.67. The van der Waals surface area contributed by atoms with Gasteiger partial charge in [-0.3, -0.25) is 4.79 Å². The zero-order valence-corrected chi connectivity index (χ0v) is 11.6. The molecule has 2 unspecified atom stereocenters. The summed E-state index contributed by atoms with van der Waals surface area (Å²) in [5, 5.41) is 9.79. The Labute approximate surface area is 119 Å². The van der Waals surface area contributed by atoms with Gasteiger partial charge in [0.25, 0.3) is 0 Å². The molecular weight excluding hydrogens is 252 g/mol. The second-order valence-corrected chi connectivity index (χ2v) is 6.05. The summed E-state index contributed by atoms with van der Waals surface area (Å²) in [6.45, 7) is 0. The Morgan fingerprint density at radius 1 is 1.25 bits per heavy atom. The number of hydrogen-bond donors (Lipinski definition) is 2. The quantitative estimate of drug-likeness (QED) is 0.866. The first kappa shape index (κ1) is 13.6. The standard InChI is InChI=1S/C16H22N2O2/c17-15(8-11-4-2-1-3-5-11)16(20)18-12-6-7-13(18)10-14(19)9-12/h1-5,12-15,19H,6-10,17H2/t12?,13?,14?,15-/m0/s1. The number of fused-ring (bicyclic) bond motifs is 2. The average molecular weight is 274 g/mol. The molecular formula is C16H22N2O2. The number of hydrogen-bond acceptors (Lipinski definition) is 3. The Morgan fingerprint density at radius 2 is 1.85 bits per heavy atom. The third-order valence-electron chi connectivity index (χ3n) is 4.58. The lowest BCUT2D eigenvalue weighted by atomic mass is 9.97. The SMILES string of the molecule is N[C@@H](Cc1ccccc1)C(=O)N1C2CCC1CC(O)C2. The van der Waals surface area contributed by atoms with E-state index in [9.17, 15) is 9.90 Å². The Hall–Kier alpha value is -1.39. The van der Waals surface area contributed by atoms with E-state index in [0.29, 0.717) is 19.3 Å². The van der Waals surface area contributed by atoms with E-state index in [1.165, 1.54) is 0 Å². The van der Waals surface area contributed by atoms with Crippen LogP contribution in [0.15, 0.2) is 30.3 Å². The van der Waals surface area contributed by atoms with Crippen LogP contribution in [0.1, 0.15) is 31.2 Å². The Morgan fingerprint density at radius 3 is 2.45 bits per heavy atom. The van der Waals surface area contributed by atoms with E-state index in [2.05, 4.69) is 0 Å². The lowest BCUT2D eigenvalue weighted by molar-refractivity contribution is -0.138. The molecule has 2 aliphatic heterocycles. The highest BCUT2D eigenvalue weighted by Crippen LogP contribution is 2.36. The van der Waals surface area contributed by atoms with Gasteiger partial charge in [-0.1, -0.05) is 30.3 Å². The fraction of sp³-hybridized carbons (Fsp3) is 0.562. The highest BCUT2D eigenvalue weighted by Gasteiger charge is 2.43. The van der Waals surface area contributed by atoms with Crippen LogP contribution in [0.3, 0.4) is 0 Å². The number of aliphatic hydroxyl groups excluding tert-OH is 1. The molecule has 1 aromatic carbocycles. The van der Waals surface area contributed by atoms with Crippen molar-refractivity contribution in [3.63, 3.8) is 0 Å². The lowest BCUT2D eigenvalue weighted by Gasteiger charge is -2.38. The summed E-state index contributed by atoms with van der Waals surface area (Å²) in [7, 11) is 0. The third kappa shape index (κ3) is 2.58. The molecule has 2 bridgehead atoms. The topological polar surface area (TPSA) is 66.6 Å². The summed E-state index contributed by atoms with van der Waals surface area (Å²) in [6.07, 6.45) is 3.76. The Kier molecular flexibility index (Phi) is 3.76. The second-order valence-electron chi connectivity index (χ2n) is 6.05. The van der Waals surface area contributed by atoms with Crippen molar-refractivity contribution in [3.8, 4) is 0 Å². The first-order chi connectivity index (χ1) is 9.65. The van der Waals surface area contributed by atoms with Crippen LogP contribution in [-0.4, -0.2) is 40.1 Å². The molecule has 0 spiro atoms. The highest BCUT2D eigenvalue weighted by atomic mass is 16.3. The summed E-state index contributed by atoms with van der Waals surface area (Å²) in [5.74, 6) is 0.0493. The van der Waals surface area contributed by atoms with Gasteiger partial charge >= 0.3 is 0 Å². The summed E-state index contributed by atoms with van der Waals surface area (Å²) in [5.41, 5.74) is 7.21. The van der Waals surface area contributed by atoms with Gasteiger partial charge in [-0.05, 0) is 37.7 Å². The maximum atomic E-state index is 12.6. The normalized spacial score (nSPS) is 30.3. The molecule has 4 heteroatoms. The van der Waals surface area contributed by atoms with Gasteiger partial charge in [0.2, 0.25) is 5.91 Å². The first-order valence-corrected chi connectivity index (χ1v) is 7.45. The highest BCUT2D eigenvalue weighted by molar-refractivity contribution is 5.83. The number of rotatable bonds is 3. The number of carbonyl (C=O) groups excluding carboxylic acids is 1. The minimum atomic E-state index is -0.476. The van der Waals surface area contributed by atoms with Gasteiger partial charge in [-0.2, -0.15) is 0 Å². The van der Waals surface area contributed by atoms with E-state index in [4.69, 9.17) is 5.73 Å². The van der Waals surface area contributed by atoms with Gasteiger partial charge in [0, 0.05) is 12.1 Å². The first-order valence-electron chi connectivity index (χ1n) is 7.45. The molecule has 4 nitrogen and oxygen atoms in total. The fourth-order valence-corrected chi connectivity index (χ4v) is 3.65. The number of aliphatic hydroxyl groups is 1. The number of amides is 1. The van der Waals surface area contributed by atoms with Crippen LogP contribution in [0.25, 0.3) is 0 Å². The van der Waals surface area contributed by atoms with Gasteiger partial charge in [-0.25, -0.2) is 0 Å². The summed E-state index contributed by atoms with van der Waals surface area (Å²) >= 11 is 0. The van der Waals surface area contributed by atoms with Crippen molar-refractivity contribution in [2.24, 2.45) is 5.73 Å². The van der Waals surface area contributed by atoms with Crippen LogP contribution in [0.4, 0.5) is 0 Å². The van der Waals surface area contributed by atoms with Crippen molar-refractivity contribution in [1.29, 1.82) is 0 Å². The maximum absolute atomic E-state index is 12.6. The largest absolute Gasteiger partial charge is 0.393 e. The molecule has 20 heavy (non-hydrogen) atoms. The predicted molar refractivity (Wildman–Crippen MR) is 77.0 cm³/mol. The summed E-state index contributed by atoms with van der Waals surface area (Å²) < 4.78 is 0. The van der Waals surface area contributed by atoms with E-state index >= 15 is 0 Å². The van der Waals surface area contributed by atoms with Gasteiger partial charge in [0.15, 0.2) is 0 Å². The van der Waals surface area contributed by atoms with Crippen molar-refractivity contribution in [3.05, 3.63) is 35.9 Å². The molecule has 3 rings (SSSR count). The average Bonchev–Trinajstić information content (AvgIpc) is 2.71. The number of benzene rings is 1. The molecule has 0 aliphatic carbocycles. The minimum absolute atomic E-state index is 0.0493. The number of piperidine rings is 1. The molecule has 0 aromatic heterocycles. The Bertz CT molecular complexity index is 463. The lowest BCUT2D eigenvalue weighted by Crippen LogP contribution is -2.54. The van der Waals surface area contributed by atoms with Gasteiger partial charge in [0.1, 0.15) is 0 Å². The second kappa shape index (κ2) is 5.54. The minimum Gasteiger partial charge on any atom is -0.393 e. The maximum Gasteiger partial charge on any atom is 0.240 e. The summed E-state index contributed by atoms with van der Waals surface area (Å²) in [6, 6.07) is 9.81. The summed E-state index contributed by atoms with van der Waals surface area (Å²) in [4.78, 5) is 14.5. The van der Waals surface area contributed by atoms with Crippen LogP contribution in [-0.2, 0) is 11.2 Å². The van der Waals surface area contributed by atoms with Crippen LogP contribution < -0.4 is 5.73 Å². The zero-order valence-electron chi connectivity index (χ0n) is 11.6. The molecule has 108 valence electrons. The van der Waals surface area contributed by atoms with E-state index in [0.717, 1.165) is 18.4 Å². The third-order valence-corrected chi connectivity index (χ3v) is 4.58. The zero-order chi connectivity index (χ0) is 14.1. The monoisotopic (exact) mass is 274 g/mol. The van der Waals surface area contributed by atoms with Gasteiger partial charge in [-0.15, -0.1) is 0 Å². The fourth-order valence-electron chi connectivity index (χ4n) is 3.65. The van der Waals surface area contributed by atoms with E-state index in [1.807, 2.05) is 35.2 Å². The molecule has 2 saturated heterocycles. The smallest absolute Gasteiger partial charge is 0.240 e. The molecule has 2 aliphatic rings. The molecule has 0 saturated carbocycles.